The number of benzene rings is 1. The molecule has 3 amide bonds. The third kappa shape index (κ3) is 5.57. The van der Waals surface area contributed by atoms with Crippen molar-refractivity contribution in [3.63, 3.8) is 0 Å². The third-order valence-electron chi connectivity index (χ3n) is 10.3. The molecule has 2 aliphatic heterocycles. The third-order valence-corrected chi connectivity index (χ3v) is 10.3. The van der Waals surface area contributed by atoms with Crippen molar-refractivity contribution in [1.29, 1.82) is 0 Å². The van der Waals surface area contributed by atoms with Crippen LogP contribution in [-0.2, 0) is 26.2 Å². The average molecular weight is 641 g/mol. The molecule has 2 bridgehead atoms. The van der Waals surface area contributed by atoms with Gasteiger partial charge in [0.05, 0.1) is 25.6 Å². The molecule has 1 spiro atoms. The van der Waals surface area contributed by atoms with Gasteiger partial charge in [0.1, 0.15) is 17.7 Å². The van der Waals surface area contributed by atoms with Gasteiger partial charge in [0.25, 0.3) is 0 Å². The lowest BCUT2D eigenvalue weighted by molar-refractivity contribution is -0.944. The van der Waals surface area contributed by atoms with Crippen LogP contribution in [0.1, 0.15) is 50.2 Å². The lowest BCUT2D eigenvalue weighted by atomic mass is 9.48. The number of piperidine rings is 1. The van der Waals surface area contributed by atoms with E-state index in [1.165, 1.54) is 11.8 Å². The summed E-state index contributed by atoms with van der Waals surface area (Å²) >= 11 is 0. The van der Waals surface area contributed by atoms with E-state index in [1.807, 2.05) is 12.1 Å². The number of ketones is 1. The van der Waals surface area contributed by atoms with Crippen LogP contribution >= 0.6 is 0 Å². The number of carbonyl (C=O) groups excluding carboxylic acids is 4. The second kappa shape index (κ2) is 12.6. The molecule has 7 N–H and O–H groups in total. The van der Waals surface area contributed by atoms with Gasteiger partial charge in [-0.05, 0) is 37.0 Å². The van der Waals surface area contributed by atoms with Gasteiger partial charge in [-0.3, -0.25) is 19.4 Å². The van der Waals surface area contributed by atoms with E-state index >= 15 is 0 Å². The van der Waals surface area contributed by atoms with E-state index in [9.17, 15) is 24.3 Å². The fourth-order valence-electron chi connectivity index (χ4n) is 8.16. The quantitative estimate of drug-likeness (QED) is 0.0678. The minimum atomic E-state index is -1.16. The first-order valence-corrected chi connectivity index (χ1v) is 15.8. The molecule has 1 saturated heterocycles. The van der Waals surface area contributed by atoms with E-state index in [1.54, 1.807) is 13.1 Å². The molecule has 4 aliphatic rings. The molecule has 1 aromatic rings. The number of hydrogen-bond acceptors (Lipinski definition) is 8. The summed E-state index contributed by atoms with van der Waals surface area (Å²) < 4.78 is 12.8. The van der Waals surface area contributed by atoms with Crippen molar-refractivity contribution in [1.82, 2.24) is 15.5 Å². The number of aliphatic hydroxyl groups is 1. The Morgan fingerprint density at radius 1 is 1.33 bits per heavy atom. The van der Waals surface area contributed by atoms with Gasteiger partial charge < -0.3 is 46.1 Å². The maximum absolute atomic E-state index is 13.3. The number of ether oxygens (including phenoxy) is 2. The van der Waals surface area contributed by atoms with Gasteiger partial charge in [0.2, 0.25) is 11.8 Å². The van der Waals surface area contributed by atoms with Crippen molar-refractivity contribution in [3.8, 4) is 11.5 Å². The molecule has 1 aromatic carbocycles. The molecule has 14 nitrogen and oxygen atoms in total. The van der Waals surface area contributed by atoms with Gasteiger partial charge in [-0.25, -0.2) is 4.79 Å². The van der Waals surface area contributed by atoms with Gasteiger partial charge in [-0.2, -0.15) is 0 Å². The highest BCUT2D eigenvalue weighted by Gasteiger charge is 2.76. The highest BCUT2D eigenvalue weighted by atomic mass is 16.6. The SMILES string of the molecule is C=CC[N+]1(C)CC[C@]23c4c5ccc(OC(=O)N(C)CCNC(=O)[C@H](CCCN=C(N)N)NC(C)=O)c4O[C@H]2C(=O)CC[C@@]3(O)[C@H]1C5. The second-order valence-corrected chi connectivity index (χ2v) is 13.2. The fourth-order valence-corrected chi connectivity index (χ4v) is 8.16. The number of guanidine groups is 1. The molecule has 0 aromatic heterocycles. The molecule has 1 saturated carbocycles. The molecule has 250 valence electrons. The number of likely N-dealkylation sites (N-methyl/N-ethyl adjacent to an activating group) is 2. The van der Waals surface area contributed by atoms with Gasteiger partial charge in [-0.1, -0.05) is 12.6 Å². The number of nitrogens with one attached hydrogen (secondary N) is 2. The van der Waals surface area contributed by atoms with Gasteiger partial charge in [0, 0.05) is 58.4 Å². The summed E-state index contributed by atoms with van der Waals surface area (Å²) in [6, 6.07) is 2.70. The zero-order valence-electron chi connectivity index (χ0n) is 26.8. The van der Waals surface area contributed by atoms with E-state index in [-0.39, 0.29) is 49.0 Å². The van der Waals surface area contributed by atoms with Crippen molar-refractivity contribution in [2.24, 2.45) is 16.5 Å². The first kappa shape index (κ1) is 33.2. The van der Waals surface area contributed by atoms with Crippen molar-refractivity contribution < 1.29 is 38.2 Å². The Balaban J connectivity index is 1.28. The Hall–Kier alpha value is -4.17. The van der Waals surface area contributed by atoms with E-state index in [2.05, 4.69) is 29.3 Å². The first-order chi connectivity index (χ1) is 21.8. The standard InChI is InChI=1S/C32H45N7O7/c1-5-16-39(4)17-12-31-25-20-8-9-23(26(25)46-27(31)22(41)10-11-32(31,44)24(39)18-20)45-30(43)38(3)15-14-35-28(42)21(37-19(2)40)7-6-13-36-29(33)34/h5,8-9,21,24,27,44H,1,6-7,10-18H2,2-4H3,(H5-,33,34,35,36,37,40,42)/p+1/t21-,24+,27-,31-,32+,39?/m0/s1. The summed E-state index contributed by atoms with van der Waals surface area (Å²) in [6.07, 6.45) is 2.93. The molecule has 2 heterocycles. The molecule has 0 radical (unpaired) electrons. The van der Waals surface area contributed by atoms with E-state index in [0.29, 0.717) is 55.4 Å². The van der Waals surface area contributed by atoms with Gasteiger partial charge >= 0.3 is 6.09 Å². The number of Topliss-reactive ketones (excluding diaryl/α,β-unsaturated/α-hetero) is 1. The molecule has 2 fully saturated rings. The number of amides is 3. The van der Waals surface area contributed by atoms with Gasteiger partial charge in [-0.15, -0.1) is 0 Å². The highest BCUT2D eigenvalue weighted by molar-refractivity contribution is 5.90. The number of aliphatic imine (C=N–C) groups is 1. The van der Waals surface area contributed by atoms with Crippen LogP contribution in [0.3, 0.4) is 0 Å². The summed E-state index contributed by atoms with van der Waals surface area (Å²) in [5, 5.41) is 17.9. The second-order valence-electron chi connectivity index (χ2n) is 13.2. The number of likely N-dealkylation sites (tertiary alicyclic amines) is 1. The van der Waals surface area contributed by atoms with Gasteiger partial charge in [0.15, 0.2) is 29.3 Å². The first-order valence-electron chi connectivity index (χ1n) is 15.8. The van der Waals surface area contributed by atoms with Crippen molar-refractivity contribution in [2.75, 3.05) is 46.8 Å². The van der Waals surface area contributed by atoms with Crippen LogP contribution < -0.4 is 31.6 Å². The predicted octanol–water partition coefficient (Wildman–Crippen LogP) is -0.154. The average Bonchev–Trinajstić information content (AvgIpc) is 3.36. The van der Waals surface area contributed by atoms with Crippen LogP contribution in [0.15, 0.2) is 29.8 Å². The lowest BCUT2D eigenvalue weighted by Crippen LogP contribution is -2.80. The largest absolute Gasteiger partial charge is 0.477 e. The van der Waals surface area contributed by atoms with Crippen molar-refractivity contribution in [2.45, 2.75) is 74.7 Å². The highest BCUT2D eigenvalue weighted by Crippen LogP contribution is 2.65. The van der Waals surface area contributed by atoms with Crippen molar-refractivity contribution in [3.05, 3.63) is 35.9 Å². The summed E-state index contributed by atoms with van der Waals surface area (Å²) in [4.78, 5) is 56.1. The minimum Gasteiger partial charge on any atom is -0.477 e. The molecule has 14 heteroatoms. The zero-order chi connectivity index (χ0) is 33.4. The molecular formula is C32H46N7O7+. The summed E-state index contributed by atoms with van der Waals surface area (Å²) in [5.41, 5.74) is 10.4. The normalized spacial score (nSPS) is 29.0. The van der Waals surface area contributed by atoms with Crippen LogP contribution in [0.4, 0.5) is 4.79 Å². The number of carbonyl (C=O) groups is 4. The van der Waals surface area contributed by atoms with E-state index in [4.69, 9.17) is 20.9 Å². The Kier molecular flexibility index (Phi) is 9.06. The monoisotopic (exact) mass is 640 g/mol. The van der Waals surface area contributed by atoms with E-state index < -0.39 is 35.2 Å². The van der Waals surface area contributed by atoms with E-state index in [0.717, 1.165) is 17.7 Å². The van der Waals surface area contributed by atoms with Crippen LogP contribution in [0.5, 0.6) is 11.5 Å². The Labute approximate surface area is 268 Å². The molecule has 1 unspecified atom stereocenters. The predicted molar refractivity (Wildman–Crippen MR) is 169 cm³/mol. The Morgan fingerprint density at radius 3 is 2.78 bits per heavy atom. The molecule has 46 heavy (non-hydrogen) atoms. The molecule has 6 atom stereocenters. The summed E-state index contributed by atoms with van der Waals surface area (Å²) in [7, 11) is 3.69. The maximum Gasteiger partial charge on any atom is 0.415 e. The number of rotatable bonds is 12. The number of quaternary nitrogens is 1. The zero-order valence-corrected chi connectivity index (χ0v) is 26.8. The summed E-state index contributed by atoms with van der Waals surface area (Å²) in [6.45, 7) is 7.29. The Bertz CT molecular complexity index is 1460. The number of nitrogens with two attached hydrogens (primary N) is 2. The van der Waals surface area contributed by atoms with Crippen molar-refractivity contribution >= 4 is 29.7 Å². The topological polar surface area (TPSA) is 199 Å². The Morgan fingerprint density at radius 2 is 2.09 bits per heavy atom. The fraction of sp³-hybridized carbons (Fsp3) is 0.594. The summed E-state index contributed by atoms with van der Waals surface area (Å²) in [5.74, 6) is -0.304. The molecular weight excluding hydrogens is 594 g/mol. The van der Waals surface area contributed by atoms with Crippen LogP contribution in [-0.4, -0.2) is 115 Å². The van der Waals surface area contributed by atoms with Crippen LogP contribution in [0, 0.1) is 0 Å². The maximum atomic E-state index is 13.3. The minimum absolute atomic E-state index is 0.0482. The van der Waals surface area contributed by atoms with Crippen LogP contribution in [0.25, 0.3) is 0 Å². The number of nitrogens with zero attached hydrogens (tertiary/aromatic N) is 3. The molecule has 2 aliphatic carbocycles. The molecule has 5 rings (SSSR count). The lowest BCUT2D eigenvalue weighted by Gasteiger charge is -2.64. The van der Waals surface area contributed by atoms with Crippen LogP contribution in [0.2, 0.25) is 0 Å². The smallest absolute Gasteiger partial charge is 0.415 e. The number of hydrogen-bond donors (Lipinski definition) is 5.